The molecule has 0 bridgehead atoms. The second kappa shape index (κ2) is 6.19. The van der Waals surface area contributed by atoms with Crippen LogP contribution in [0.15, 0.2) is 48.5 Å². The van der Waals surface area contributed by atoms with Crippen LogP contribution in [-0.4, -0.2) is 11.7 Å². The van der Waals surface area contributed by atoms with Crippen LogP contribution in [0.3, 0.4) is 0 Å². The fourth-order valence-electron chi connectivity index (χ4n) is 2.97. The Hall–Kier alpha value is -2.00. The lowest BCUT2D eigenvalue weighted by Gasteiger charge is -2.30. The summed E-state index contributed by atoms with van der Waals surface area (Å²) in [5.74, 6) is 1.32. The molecule has 2 unspecified atom stereocenters. The van der Waals surface area contributed by atoms with Crippen molar-refractivity contribution in [2.45, 2.75) is 31.8 Å². The van der Waals surface area contributed by atoms with E-state index in [2.05, 4.69) is 18.3 Å². The van der Waals surface area contributed by atoms with Gasteiger partial charge >= 0.3 is 0 Å². The van der Waals surface area contributed by atoms with E-state index in [-0.39, 0.29) is 12.1 Å². The standard InChI is InChI=1S/C18H21NO2/c1-2-15(13-7-3-5-9-17(13)20)19-16-11-12-21-18-10-6-4-8-14(16)18/h3-10,15-16,19-20H,2,11-12H2,1H3. The molecule has 1 aliphatic heterocycles. The molecule has 2 atom stereocenters. The number of benzene rings is 2. The zero-order valence-electron chi connectivity index (χ0n) is 12.3. The Balaban J connectivity index is 1.84. The summed E-state index contributed by atoms with van der Waals surface area (Å²) in [5.41, 5.74) is 2.17. The fourth-order valence-corrected chi connectivity index (χ4v) is 2.97. The van der Waals surface area contributed by atoms with Crippen molar-refractivity contribution in [3.63, 3.8) is 0 Å². The summed E-state index contributed by atoms with van der Waals surface area (Å²) in [7, 11) is 0. The number of hydrogen-bond acceptors (Lipinski definition) is 3. The fraction of sp³-hybridized carbons (Fsp3) is 0.333. The van der Waals surface area contributed by atoms with E-state index < -0.39 is 0 Å². The van der Waals surface area contributed by atoms with Crippen LogP contribution in [0.25, 0.3) is 0 Å². The predicted octanol–water partition coefficient (Wildman–Crippen LogP) is 3.96. The zero-order valence-corrected chi connectivity index (χ0v) is 12.3. The summed E-state index contributed by atoms with van der Waals surface area (Å²) in [4.78, 5) is 0. The van der Waals surface area contributed by atoms with Crippen LogP contribution in [0, 0.1) is 0 Å². The van der Waals surface area contributed by atoms with E-state index in [1.54, 1.807) is 6.07 Å². The Morgan fingerprint density at radius 3 is 2.76 bits per heavy atom. The first-order valence-corrected chi connectivity index (χ1v) is 7.55. The van der Waals surface area contributed by atoms with Gasteiger partial charge < -0.3 is 15.2 Å². The van der Waals surface area contributed by atoms with Gasteiger partial charge in [0.2, 0.25) is 0 Å². The molecule has 110 valence electrons. The van der Waals surface area contributed by atoms with Crippen molar-refractivity contribution >= 4 is 0 Å². The lowest BCUT2D eigenvalue weighted by Crippen LogP contribution is -2.30. The topological polar surface area (TPSA) is 41.5 Å². The number of fused-ring (bicyclic) bond motifs is 1. The molecule has 2 N–H and O–H groups in total. The highest BCUT2D eigenvalue weighted by molar-refractivity contribution is 5.39. The zero-order chi connectivity index (χ0) is 14.7. The van der Waals surface area contributed by atoms with Crippen molar-refractivity contribution in [1.82, 2.24) is 5.32 Å². The third-order valence-corrected chi connectivity index (χ3v) is 4.08. The van der Waals surface area contributed by atoms with Gasteiger partial charge in [0.15, 0.2) is 0 Å². The Bertz CT molecular complexity index is 612. The molecule has 1 aliphatic rings. The Morgan fingerprint density at radius 1 is 1.19 bits per heavy atom. The number of nitrogens with one attached hydrogen (secondary N) is 1. The molecule has 2 aromatic rings. The van der Waals surface area contributed by atoms with Crippen LogP contribution in [0.2, 0.25) is 0 Å². The maximum atomic E-state index is 10.1. The third-order valence-electron chi connectivity index (χ3n) is 4.08. The van der Waals surface area contributed by atoms with E-state index in [1.165, 1.54) is 5.56 Å². The summed E-state index contributed by atoms with van der Waals surface area (Å²) in [6, 6.07) is 16.1. The van der Waals surface area contributed by atoms with Crippen LogP contribution in [-0.2, 0) is 0 Å². The van der Waals surface area contributed by atoms with Gasteiger partial charge in [-0.05, 0) is 18.6 Å². The molecule has 3 nitrogen and oxygen atoms in total. The van der Waals surface area contributed by atoms with Crippen molar-refractivity contribution < 1.29 is 9.84 Å². The molecule has 2 aromatic carbocycles. The van der Waals surface area contributed by atoms with Gasteiger partial charge in [0.05, 0.1) is 6.61 Å². The number of ether oxygens (including phenoxy) is 1. The minimum Gasteiger partial charge on any atom is -0.508 e. The number of para-hydroxylation sites is 2. The SMILES string of the molecule is CCC(NC1CCOc2ccccc21)c1ccccc1O. The molecule has 0 radical (unpaired) electrons. The summed E-state index contributed by atoms with van der Waals surface area (Å²) < 4.78 is 5.71. The summed E-state index contributed by atoms with van der Waals surface area (Å²) in [6.07, 6.45) is 1.87. The molecule has 0 spiro atoms. The molecule has 3 heteroatoms. The van der Waals surface area contributed by atoms with Crippen molar-refractivity contribution in [2.24, 2.45) is 0 Å². The first-order chi connectivity index (χ1) is 10.3. The van der Waals surface area contributed by atoms with Gasteiger partial charge in [0.1, 0.15) is 11.5 Å². The largest absolute Gasteiger partial charge is 0.508 e. The average Bonchev–Trinajstić information content (AvgIpc) is 2.53. The number of phenols is 1. The number of hydrogen-bond donors (Lipinski definition) is 2. The van der Waals surface area contributed by atoms with Crippen LogP contribution in [0.4, 0.5) is 0 Å². The Morgan fingerprint density at radius 2 is 1.95 bits per heavy atom. The lowest BCUT2D eigenvalue weighted by molar-refractivity contribution is 0.242. The molecule has 21 heavy (non-hydrogen) atoms. The van der Waals surface area contributed by atoms with Gasteiger partial charge in [-0.15, -0.1) is 0 Å². The minimum atomic E-state index is 0.141. The molecule has 0 fully saturated rings. The summed E-state index contributed by atoms with van der Waals surface area (Å²) in [6.45, 7) is 2.86. The van der Waals surface area contributed by atoms with Gasteiger partial charge in [-0.1, -0.05) is 43.3 Å². The molecular formula is C18H21NO2. The summed E-state index contributed by atoms with van der Waals surface area (Å²) >= 11 is 0. The van der Waals surface area contributed by atoms with Crippen LogP contribution >= 0.6 is 0 Å². The van der Waals surface area contributed by atoms with Gasteiger partial charge in [-0.3, -0.25) is 0 Å². The molecule has 0 saturated heterocycles. The maximum Gasteiger partial charge on any atom is 0.124 e. The van der Waals surface area contributed by atoms with Crippen molar-refractivity contribution in [2.75, 3.05) is 6.61 Å². The Kier molecular flexibility index (Phi) is 4.11. The summed E-state index contributed by atoms with van der Waals surface area (Å²) in [5, 5.41) is 13.8. The monoisotopic (exact) mass is 283 g/mol. The highest BCUT2D eigenvalue weighted by Gasteiger charge is 2.24. The van der Waals surface area contributed by atoms with E-state index in [9.17, 15) is 5.11 Å². The van der Waals surface area contributed by atoms with Crippen LogP contribution in [0.1, 0.15) is 43.0 Å². The average molecular weight is 283 g/mol. The van der Waals surface area contributed by atoms with E-state index in [0.717, 1.165) is 30.8 Å². The molecule has 1 heterocycles. The molecule has 0 aliphatic carbocycles. The minimum absolute atomic E-state index is 0.141. The van der Waals surface area contributed by atoms with Gasteiger partial charge in [-0.25, -0.2) is 0 Å². The highest BCUT2D eigenvalue weighted by atomic mass is 16.5. The quantitative estimate of drug-likeness (QED) is 0.892. The molecular weight excluding hydrogens is 262 g/mol. The van der Waals surface area contributed by atoms with Crippen molar-refractivity contribution in [3.8, 4) is 11.5 Å². The second-order valence-electron chi connectivity index (χ2n) is 5.41. The Labute approximate surface area is 125 Å². The highest BCUT2D eigenvalue weighted by Crippen LogP contribution is 2.35. The second-order valence-corrected chi connectivity index (χ2v) is 5.41. The van der Waals surface area contributed by atoms with E-state index in [4.69, 9.17) is 4.74 Å². The molecule has 0 saturated carbocycles. The molecule has 0 amide bonds. The first-order valence-electron chi connectivity index (χ1n) is 7.55. The van der Waals surface area contributed by atoms with E-state index in [0.29, 0.717) is 5.75 Å². The number of aromatic hydroxyl groups is 1. The maximum absolute atomic E-state index is 10.1. The number of rotatable bonds is 4. The predicted molar refractivity (Wildman–Crippen MR) is 83.6 cm³/mol. The normalized spacial score (nSPS) is 18.6. The third kappa shape index (κ3) is 2.88. The van der Waals surface area contributed by atoms with Crippen LogP contribution < -0.4 is 10.1 Å². The smallest absolute Gasteiger partial charge is 0.124 e. The van der Waals surface area contributed by atoms with E-state index >= 15 is 0 Å². The van der Waals surface area contributed by atoms with Gasteiger partial charge in [-0.2, -0.15) is 0 Å². The van der Waals surface area contributed by atoms with E-state index in [1.807, 2.05) is 36.4 Å². The van der Waals surface area contributed by atoms with Gasteiger partial charge in [0.25, 0.3) is 0 Å². The van der Waals surface area contributed by atoms with Crippen molar-refractivity contribution in [1.29, 1.82) is 0 Å². The first kappa shape index (κ1) is 14.0. The van der Waals surface area contributed by atoms with Crippen LogP contribution in [0.5, 0.6) is 11.5 Å². The molecule has 3 rings (SSSR count). The lowest BCUT2D eigenvalue weighted by atomic mass is 9.96. The van der Waals surface area contributed by atoms with Gasteiger partial charge in [0, 0.05) is 29.6 Å². The van der Waals surface area contributed by atoms with Crippen molar-refractivity contribution in [3.05, 3.63) is 59.7 Å². The molecule has 0 aromatic heterocycles. The number of phenolic OH excluding ortho intramolecular Hbond substituents is 1.